The second kappa shape index (κ2) is 11.3. The molecule has 35 heavy (non-hydrogen) atoms. The molecule has 1 aromatic carbocycles. The lowest BCUT2D eigenvalue weighted by Gasteiger charge is -2.09. The van der Waals surface area contributed by atoms with Crippen molar-refractivity contribution in [1.82, 2.24) is 15.1 Å². The van der Waals surface area contributed by atoms with Crippen LogP contribution in [0.1, 0.15) is 23.5 Å². The Morgan fingerprint density at radius 1 is 1.20 bits per heavy atom. The molecule has 0 fully saturated rings. The summed E-state index contributed by atoms with van der Waals surface area (Å²) >= 11 is 0. The smallest absolute Gasteiger partial charge is 0.308 e. The minimum absolute atomic E-state index is 0.0397. The first-order valence-electron chi connectivity index (χ1n) is 9.91. The predicted molar refractivity (Wildman–Crippen MR) is 120 cm³/mol. The zero-order valence-electron chi connectivity index (χ0n) is 18.0. The minimum Gasteiger partial charge on any atom is -0.481 e. The largest absolute Gasteiger partial charge is 0.481 e. The first kappa shape index (κ1) is 24.7. The third kappa shape index (κ3) is 6.54. The maximum atomic E-state index is 14.2. The Morgan fingerprint density at radius 2 is 1.97 bits per heavy atom. The van der Waals surface area contributed by atoms with Gasteiger partial charge >= 0.3 is 5.97 Å². The molecule has 13 heteroatoms. The highest BCUT2D eigenvalue weighted by Gasteiger charge is 2.17. The summed E-state index contributed by atoms with van der Waals surface area (Å²) in [5.41, 5.74) is 11.8. The van der Waals surface area contributed by atoms with Crippen molar-refractivity contribution in [3.63, 3.8) is 0 Å². The molecular weight excluding hydrogens is 464 g/mol. The van der Waals surface area contributed by atoms with E-state index in [1.165, 1.54) is 24.5 Å². The van der Waals surface area contributed by atoms with Gasteiger partial charge in [-0.3, -0.25) is 14.6 Å². The van der Waals surface area contributed by atoms with Gasteiger partial charge in [-0.1, -0.05) is 23.4 Å². The number of benzene rings is 1. The Balaban J connectivity index is 1.90. The van der Waals surface area contributed by atoms with E-state index in [0.29, 0.717) is 5.56 Å². The summed E-state index contributed by atoms with van der Waals surface area (Å²) in [5, 5.41) is 14.8. The molecule has 0 atom stereocenters. The lowest BCUT2D eigenvalue weighted by atomic mass is 10.2. The second-order valence-corrected chi connectivity index (χ2v) is 6.88. The maximum absolute atomic E-state index is 14.2. The van der Waals surface area contributed by atoms with Crippen molar-refractivity contribution >= 4 is 29.1 Å². The second-order valence-electron chi connectivity index (χ2n) is 6.88. The van der Waals surface area contributed by atoms with E-state index in [0.717, 1.165) is 12.4 Å². The lowest BCUT2D eigenvalue weighted by Crippen LogP contribution is -2.20. The predicted octanol–water partition coefficient (Wildman–Crippen LogP) is 1.99. The third-order valence-electron chi connectivity index (χ3n) is 4.44. The Kier molecular flexibility index (Phi) is 7.95. The van der Waals surface area contributed by atoms with Gasteiger partial charge in [0.25, 0.3) is 5.91 Å². The van der Waals surface area contributed by atoms with Gasteiger partial charge in [-0.25, -0.2) is 18.7 Å². The Bertz CT molecular complexity index is 1320. The number of allylic oxidation sites excluding steroid dienone is 1. The van der Waals surface area contributed by atoms with Gasteiger partial charge in [0, 0.05) is 23.4 Å². The number of nitrogens with zero attached hydrogens (tertiary/aromatic N) is 4. The zero-order valence-corrected chi connectivity index (χ0v) is 18.0. The van der Waals surface area contributed by atoms with E-state index in [1.54, 1.807) is 18.2 Å². The number of hydrogen-bond acceptors (Lipinski definition) is 9. The van der Waals surface area contributed by atoms with Crippen molar-refractivity contribution in [1.29, 1.82) is 0 Å². The number of nitrogens with one attached hydrogen (secondary N) is 1. The Morgan fingerprint density at radius 3 is 2.63 bits per heavy atom. The third-order valence-corrected chi connectivity index (χ3v) is 4.44. The van der Waals surface area contributed by atoms with Crippen molar-refractivity contribution in [3.8, 4) is 0 Å². The van der Waals surface area contributed by atoms with Crippen LogP contribution in [-0.4, -0.2) is 37.8 Å². The number of carbonyl (C=O) groups excluding carboxylic acids is 1. The summed E-state index contributed by atoms with van der Waals surface area (Å²) in [5.74, 6) is -4.43. The molecule has 1 amide bonds. The minimum atomic E-state index is -1.30. The lowest BCUT2D eigenvalue weighted by molar-refractivity contribution is -0.136. The molecule has 3 rings (SSSR count). The topological polar surface area (TPSA) is 183 Å². The first-order valence-corrected chi connectivity index (χ1v) is 9.91. The molecular formula is C22H19F2N7O4. The average molecular weight is 483 g/mol. The van der Waals surface area contributed by atoms with Crippen LogP contribution in [-0.2, 0) is 16.1 Å². The molecule has 0 bridgehead atoms. The number of halogens is 2. The number of aliphatic imine (C=N–C) groups is 1. The summed E-state index contributed by atoms with van der Waals surface area (Å²) in [6.45, 7) is -0.0397. The molecule has 0 radical (unpaired) electrons. The fourth-order valence-corrected chi connectivity index (χ4v) is 2.71. The molecule has 0 aliphatic heterocycles. The average Bonchev–Trinajstić information content (AvgIpc) is 3.37. The molecule has 0 unspecified atom stereocenters. The molecule has 0 aliphatic carbocycles. The quantitative estimate of drug-likeness (QED) is 0.261. The highest BCUT2D eigenvalue weighted by atomic mass is 19.1. The summed E-state index contributed by atoms with van der Waals surface area (Å²) < 4.78 is 33.0. The molecule has 0 saturated carbocycles. The van der Waals surface area contributed by atoms with Crippen LogP contribution in [0.4, 0.5) is 14.6 Å². The molecule has 2 heterocycles. The van der Waals surface area contributed by atoms with Crippen molar-refractivity contribution in [2.75, 3.05) is 5.32 Å². The number of rotatable bonds is 9. The van der Waals surface area contributed by atoms with Crippen LogP contribution < -0.4 is 16.8 Å². The molecule has 3 aromatic rings. The highest BCUT2D eigenvalue weighted by molar-refractivity contribution is 6.10. The van der Waals surface area contributed by atoms with Gasteiger partial charge in [0.15, 0.2) is 17.5 Å². The van der Waals surface area contributed by atoms with E-state index in [2.05, 4.69) is 25.4 Å². The van der Waals surface area contributed by atoms with Crippen molar-refractivity contribution < 1.29 is 28.0 Å². The van der Waals surface area contributed by atoms with Gasteiger partial charge < -0.3 is 26.4 Å². The van der Waals surface area contributed by atoms with Crippen LogP contribution >= 0.6 is 0 Å². The van der Waals surface area contributed by atoms with Crippen LogP contribution in [0.2, 0.25) is 0 Å². The number of carbonyl (C=O) groups is 2. The van der Waals surface area contributed by atoms with E-state index in [1.807, 2.05) is 0 Å². The van der Waals surface area contributed by atoms with Crippen LogP contribution in [0, 0.1) is 11.6 Å². The van der Waals surface area contributed by atoms with Gasteiger partial charge in [0.1, 0.15) is 17.8 Å². The Hall–Kier alpha value is -4.94. The van der Waals surface area contributed by atoms with Crippen LogP contribution in [0.15, 0.2) is 70.2 Å². The number of amides is 1. The van der Waals surface area contributed by atoms with Crippen LogP contribution in [0.25, 0.3) is 5.70 Å². The zero-order chi connectivity index (χ0) is 25.4. The molecule has 0 spiro atoms. The van der Waals surface area contributed by atoms with Gasteiger partial charge in [-0.15, -0.1) is 0 Å². The summed E-state index contributed by atoms with van der Waals surface area (Å²) in [7, 11) is 0. The number of aromatic nitrogens is 3. The highest BCUT2D eigenvalue weighted by Crippen LogP contribution is 2.16. The van der Waals surface area contributed by atoms with E-state index in [-0.39, 0.29) is 35.0 Å². The normalized spacial score (nSPS) is 12.5. The fourth-order valence-electron chi connectivity index (χ4n) is 2.71. The van der Waals surface area contributed by atoms with Crippen LogP contribution in [0.5, 0.6) is 0 Å². The molecule has 0 aliphatic rings. The fraction of sp³-hybridized carbons (Fsp3) is 0.0909. The standard InChI is InChI=1S/C22H19F2N7O4/c23-14-4-2-1-3-12(14)10-27-18(17-5-6-35-31-17)8-16(26)21-28-11-15(24)20(29-21)30-22(34)13(9-25)7-19(32)33/h1-6,8-9,11H,7,10,25-26H2,(H,32,33)(H,28,29,30,34)/b13-9-,16-8?,27-18?. The number of carboxylic acids is 1. The number of hydrogen-bond donors (Lipinski definition) is 4. The van der Waals surface area contributed by atoms with E-state index in [4.69, 9.17) is 21.1 Å². The molecule has 2 aromatic heterocycles. The number of anilines is 1. The monoisotopic (exact) mass is 483 g/mol. The maximum Gasteiger partial charge on any atom is 0.308 e. The van der Waals surface area contributed by atoms with Crippen molar-refractivity contribution in [2.45, 2.75) is 13.0 Å². The van der Waals surface area contributed by atoms with Gasteiger partial charge in [0.05, 0.1) is 30.6 Å². The van der Waals surface area contributed by atoms with E-state index in [9.17, 15) is 18.4 Å². The van der Waals surface area contributed by atoms with Gasteiger partial charge in [-0.2, -0.15) is 0 Å². The first-order chi connectivity index (χ1) is 16.8. The SMILES string of the molecule is N/C=C(/CC(=O)O)C(=O)Nc1nc(C(N)=CC(=NCc2ccccc2F)c2ccon2)ncc1F. The van der Waals surface area contributed by atoms with Gasteiger partial charge in [-0.05, 0) is 12.1 Å². The van der Waals surface area contributed by atoms with Crippen molar-refractivity contribution in [3.05, 3.63) is 89.4 Å². The van der Waals surface area contributed by atoms with E-state index >= 15 is 0 Å². The summed E-state index contributed by atoms with van der Waals surface area (Å²) in [6, 6.07) is 7.59. The van der Waals surface area contributed by atoms with Crippen LogP contribution in [0.3, 0.4) is 0 Å². The molecule has 0 saturated heterocycles. The summed E-state index contributed by atoms with van der Waals surface area (Å²) in [6.07, 6.45) is 3.53. The van der Waals surface area contributed by atoms with Crippen molar-refractivity contribution in [2.24, 2.45) is 16.5 Å². The molecule has 6 N–H and O–H groups in total. The Labute approximate surface area is 196 Å². The number of carboxylic acid groups (broad SMARTS) is 1. The summed E-state index contributed by atoms with van der Waals surface area (Å²) in [4.78, 5) is 35.1. The number of aliphatic carboxylic acids is 1. The molecule has 11 nitrogen and oxygen atoms in total. The molecule has 180 valence electrons. The number of nitrogens with two attached hydrogens (primary N) is 2. The van der Waals surface area contributed by atoms with E-state index < -0.39 is 35.7 Å². The van der Waals surface area contributed by atoms with Gasteiger partial charge in [0.2, 0.25) is 0 Å².